The fourth-order valence-electron chi connectivity index (χ4n) is 6.84. The van der Waals surface area contributed by atoms with Crippen molar-refractivity contribution in [1.82, 2.24) is 9.13 Å². The van der Waals surface area contributed by atoms with E-state index in [1.54, 1.807) is 11.3 Å². The number of aromatic nitrogens is 2. The smallest absolute Gasteiger partial charge is 0.101 e. The van der Waals surface area contributed by atoms with E-state index in [-0.39, 0.29) is 0 Å². The van der Waals surface area contributed by atoms with Gasteiger partial charge >= 0.3 is 0 Å². The highest BCUT2D eigenvalue weighted by Crippen LogP contribution is 2.42. The van der Waals surface area contributed by atoms with Gasteiger partial charge in [-0.15, -0.1) is 11.3 Å². The molecule has 0 aliphatic heterocycles. The maximum atomic E-state index is 9.75. The van der Waals surface area contributed by atoms with Gasteiger partial charge < -0.3 is 9.13 Å². The van der Waals surface area contributed by atoms with Gasteiger partial charge in [-0.2, -0.15) is 15.8 Å². The van der Waals surface area contributed by atoms with Gasteiger partial charge in [-0.25, -0.2) is 0 Å². The van der Waals surface area contributed by atoms with Gasteiger partial charge in [0.15, 0.2) is 0 Å². The molecule has 0 aliphatic rings. The van der Waals surface area contributed by atoms with E-state index in [0.717, 1.165) is 69.8 Å². The molecule has 0 saturated heterocycles. The zero-order valence-electron chi connectivity index (χ0n) is 23.6. The monoisotopic (exact) mass is 589 g/mol. The van der Waals surface area contributed by atoms with Gasteiger partial charge in [0.2, 0.25) is 0 Å². The highest BCUT2D eigenvalue weighted by molar-refractivity contribution is 7.26. The summed E-state index contributed by atoms with van der Waals surface area (Å²) in [5, 5.41) is 35.5. The molecular weight excluding hydrogens is 571 g/mol. The summed E-state index contributed by atoms with van der Waals surface area (Å²) in [6, 6.07) is 45.8. The van der Waals surface area contributed by atoms with Crippen molar-refractivity contribution in [2.24, 2.45) is 0 Å². The van der Waals surface area contributed by atoms with E-state index >= 15 is 0 Å². The van der Waals surface area contributed by atoms with Gasteiger partial charge in [-0.3, -0.25) is 0 Å². The lowest BCUT2D eigenvalue weighted by atomic mass is 10.1. The predicted molar refractivity (Wildman–Crippen MR) is 182 cm³/mol. The van der Waals surface area contributed by atoms with Crippen molar-refractivity contribution in [2.75, 3.05) is 0 Å². The number of thiophene rings is 1. The van der Waals surface area contributed by atoms with Crippen LogP contribution in [-0.4, -0.2) is 9.13 Å². The largest absolute Gasteiger partial charge is 0.309 e. The van der Waals surface area contributed by atoms with Crippen LogP contribution in [0.4, 0.5) is 0 Å². The van der Waals surface area contributed by atoms with Gasteiger partial charge in [-0.1, -0.05) is 36.4 Å². The van der Waals surface area contributed by atoms with Crippen LogP contribution in [0, 0.1) is 34.0 Å². The third kappa shape index (κ3) is 3.51. The lowest BCUT2D eigenvalue weighted by molar-refractivity contribution is 1.13. The Morgan fingerprint density at radius 3 is 1.73 bits per heavy atom. The average molecular weight is 590 g/mol. The number of hydrogen-bond acceptors (Lipinski definition) is 4. The number of hydrogen-bond donors (Lipinski definition) is 0. The summed E-state index contributed by atoms with van der Waals surface area (Å²) in [6.45, 7) is 0. The molecule has 206 valence electrons. The minimum atomic E-state index is 0.581. The Balaban J connectivity index is 1.34. The molecule has 0 aliphatic carbocycles. The van der Waals surface area contributed by atoms with Crippen LogP contribution in [0.25, 0.3) is 75.2 Å². The van der Waals surface area contributed by atoms with E-state index in [1.165, 1.54) is 5.39 Å². The second kappa shape index (κ2) is 9.30. The van der Waals surface area contributed by atoms with Crippen molar-refractivity contribution in [3.8, 4) is 29.6 Å². The average Bonchev–Trinajstić information content (AvgIpc) is 3.73. The van der Waals surface area contributed by atoms with E-state index < -0.39 is 0 Å². The summed E-state index contributed by atoms with van der Waals surface area (Å²) in [4.78, 5) is 0. The summed E-state index contributed by atoms with van der Waals surface area (Å²) >= 11 is 1.67. The molecule has 0 bridgehead atoms. The first-order valence-electron chi connectivity index (χ1n) is 14.4. The third-order valence-electron chi connectivity index (χ3n) is 8.78. The molecule has 0 atom stereocenters. The van der Waals surface area contributed by atoms with Crippen molar-refractivity contribution < 1.29 is 0 Å². The second-order valence-electron chi connectivity index (χ2n) is 11.2. The Labute approximate surface area is 260 Å². The summed E-state index contributed by atoms with van der Waals surface area (Å²) in [7, 11) is 0. The zero-order chi connectivity index (χ0) is 30.2. The Kier molecular flexibility index (Phi) is 5.20. The number of nitrogens with zero attached hydrogens (tertiary/aromatic N) is 5. The lowest BCUT2D eigenvalue weighted by Gasteiger charge is -2.13. The quantitative estimate of drug-likeness (QED) is 0.201. The highest BCUT2D eigenvalue weighted by Gasteiger charge is 2.18. The summed E-state index contributed by atoms with van der Waals surface area (Å²) < 4.78 is 6.69. The van der Waals surface area contributed by atoms with Crippen molar-refractivity contribution >= 4 is 75.1 Å². The Hall–Kier alpha value is -6.39. The van der Waals surface area contributed by atoms with Crippen LogP contribution in [0.5, 0.6) is 0 Å². The number of para-hydroxylation sites is 1. The van der Waals surface area contributed by atoms with E-state index in [1.807, 2.05) is 48.5 Å². The first-order valence-corrected chi connectivity index (χ1v) is 15.3. The maximum Gasteiger partial charge on any atom is 0.101 e. The van der Waals surface area contributed by atoms with Crippen LogP contribution in [0.3, 0.4) is 0 Å². The molecule has 45 heavy (non-hydrogen) atoms. The summed E-state index contributed by atoms with van der Waals surface area (Å²) in [5.41, 5.74) is 8.03. The molecule has 0 saturated carbocycles. The van der Waals surface area contributed by atoms with Crippen molar-refractivity contribution in [2.45, 2.75) is 0 Å². The number of rotatable bonds is 2. The van der Waals surface area contributed by atoms with Crippen LogP contribution < -0.4 is 0 Å². The minimum Gasteiger partial charge on any atom is -0.309 e. The Morgan fingerprint density at radius 2 is 1.04 bits per heavy atom. The molecule has 6 heteroatoms. The molecule has 3 aromatic heterocycles. The van der Waals surface area contributed by atoms with E-state index in [9.17, 15) is 15.8 Å². The van der Waals surface area contributed by atoms with E-state index in [2.05, 4.69) is 94.1 Å². The fraction of sp³-hybridized carbons (Fsp3) is 0. The first-order chi connectivity index (χ1) is 22.2. The number of benzene rings is 6. The van der Waals surface area contributed by atoms with Gasteiger partial charge in [0, 0.05) is 48.4 Å². The maximum absolute atomic E-state index is 9.75. The van der Waals surface area contributed by atoms with Gasteiger partial charge in [0.05, 0.1) is 55.6 Å². The van der Waals surface area contributed by atoms with Crippen molar-refractivity contribution in [1.29, 1.82) is 15.8 Å². The van der Waals surface area contributed by atoms with Gasteiger partial charge in [-0.05, 0) is 78.9 Å². The van der Waals surface area contributed by atoms with Gasteiger partial charge in [0.1, 0.15) is 6.07 Å². The van der Waals surface area contributed by atoms with Crippen LogP contribution in [-0.2, 0) is 0 Å². The SMILES string of the molecule is N#Cc1ccc2c(c1)c1cc(C#N)ccc1n2-c1cccc(-n2c3ccccc3c3cc4c(cc32)sc2c(C#N)cccc24)c1. The van der Waals surface area contributed by atoms with Crippen molar-refractivity contribution in [3.05, 3.63) is 132 Å². The Bertz CT molecular complexity index is 2790. The minimum absolute atomic E-state index is 0.581. The molecule has 0 N–H and O–H groups in total. The van der Waals surface area contributed by atoms with Gasteiger partial charge in [0.25, 0.3) is 0 Å². The van der Waals surface area contributed by atoms with E-state index in [4.69, 9.17) is 0 Å². The molecule has 0 fully saturated rings. The molecule has 9 rings (SSSR count). The lowest BCUT2D eigenvalue weighted by Crippen LogP contribution is -1.98. The van der Waals surface area contributed by atoms with Crippen LogP contribution >= 0.6 is 11.3 Å². The molecule has 0 radical (unpaired) electrons. The standard InChI is InChI=1S/C39H19N5S/c40-20-23-11-13-35-30(15-23)31-16-24(21-41)12-14-36(31)43(35)26-6-4-7-27(17-26)44-34-10-2-1-8-28(34)32-18-33-29-9-3-5-25(22-42)39(29)45-38(33)19-37(32)44/h1-19H. The van der Waals surface area contributed by atoms with Crippen LogP contribution in [0.2, 0.25) is 0 Å². The van der Waals surface area contributed by atoms with Crippen LogP contribution in [0.1, 0.15) is 16.7 Å². The van der Waals surface area contributed by atoms with Crippen molar-refractivity contribution in [3.63, 3.8) is 0 Å². The summed E-state index contributed by atoms with van der Waals surface area (Å²) in [6.07, 6.45) is 0. The molecule has 6 aromatic carbocycles. The molecule has 9 aromatic rings. The molecule has 0 amide bonds. The van der Waals surface area contributed by atoms with E-state index in [0.29, 0.717) is 16.7 Å². The first kappa shape index (κ1) is 25.1. The van der Waals surface area contributed by atoms with Crippen LogP contribution in [0.15, 0.2) is 115 Å². The molecule has 5 nitrogen and oxygen atoms in total. The molecule has 0 unspecified atom stereocenters. The highest BCUT2D eigenvalue weighted by atomic mass is 32.1. The zero-order valence-corrected chi connectivity index (χ0v) is 24.4. The fourth-order valence-corrected chi connectivity index (χ4v) is 8.02. The normalized spacial score (nSPS) is 11.5. The Morgan fingerprint density at radius 1 is 0.444 bits per heavy atom. The third-order valence-corrected chi connectivity index (χ3v) is 9.98. The number of fused-ring (bicyclic) bond motifs is 9. The topological polar surface area (TPSA) is 81.2 Å². The molecular formula is C39H19N5S. The molecule has 3 heterocycles. The number of nitriles is 3. The predicted octanol–water partition coefficient (Wildman–Crippen LogP) is 9.86. The molecule has 0 spiro atoms. The summed E-state index contributed by atoms with van der Waals surface area (Å²) in [5.74, 6) is 0. The second-order valence-corrected chi connectivity index (χ2v) is 12.2.